The van der Waals surface area contributed by atoms with Crippen LogP contribution in [0.25, 0.3) is 0 Å². The third-order valence-corrected chi connectivity index (χ3v) is 14.1. The lowest BCUT2D eigenvalue weighted by molar-refractivity contribution is -0.140. The summed E-state index contributed by atoms with van der Waals surface area (Å²) in [5, 5.41) is 0. The van der Waals surface area contributed by atoms with Gasteiger partial charge in [0.15, 0.2) is 0 Å². The van der Waals surface area contributed by atoms with Gasteiger partial charge in [-0.05, 0) is 91.5 Å². The molecular weight excluding hydrogens is 961 g/mol. The van der Waals surface area contributed by atoms with E-state index < -0.39 is 34.7 Å². The van der Waals surface area contributed by atoms with Crippen molar-refractivity contribution in [3.8, 4) is 0 Å². The van der Waals surface area contributed by atoms with Gasteiger partial charge in [-0.25, -0.2) is 24.2 Å². The Hall–Kier alpha value is -3.24. The van der Waals surface area contributed by atoms with Gasteiger partial charge in [-0.1, -0.05) is 51.8 Å². The Balaban J connectivity index is -0.000000423. The van der Waals surface area contributed by atoms with Crippen LogP contribution in [0.4, 0.5) is 0 Å². The van der Waals surface area contributed by atoms with Crippen molar-refractivity contribution in [3.63, 3.8) is 0 Å². The minimum Gasteiger partial charge on any atom is -0.462 e. The van der Waals surface area contributed by atoms with Gasteiger partial charge in [-0.3, -0.25) is 23.3 Å². The summed E-state index contributed by atoms with van der Waals surface area (Å²) >= 11 is 0. The number of aliphatic imine (C=N–C) groups is 1. The minimum atomic E-state index is -3.88. The Morgan fingerprint density at radius 1 is 0.493 bits per heavy atom. The maximum Gasteiger partial charge on any atom is 0.333 e. The molecule has 0 aliphatic rings. The first-order valence-corrected chi connectivity index (χ1v) is 28.4. The fourth-order valence-corrected chi connectivity index (χ4v) is 7.99. The summed E-state index contributed by atoms with van der Waals surface area (Å²) in [6.07, 6.45) is 15.4. The number of Topliss-reactive ketones (excluding diaryl/α,β-unsaturated/α-hetero) is 2. The van der Waals surface area contributed by atoms with E-state index in [1.54, 1.807) is 20.8 Å². The van der Waals surface area contributed by atoms with Crippen LogP contribution in [0.3, 0.4) is 0 Å². The molecule has 0 aromatic rings. The van der Waals surface area contributed by atoms with Crippen molar-refractivity contribution < 1.29 is 84.6 Å². The maximum atomic E-state index is 11.8. The fourth-order valence-electron chi connectivity index (χ4n) is 5.11. The van der Waals surface area contributed by atoms with Gasteiger partial charge >= 0.3 is 40.7 Å². The highest BCUT2D eigenvalue weighted by atomic mass is 31.2. The van der Waals surface area contributed by atoms with Crippen molar-refractivity contribution in [2.45, 2.75) is 143 Å². The van der Waals surface area contributed by atoms with Crippen LogP contribution in [0.5, 0.6) is 0 Å². The topological polar surface area (TPSA) is 297 Å². The molecule has 0 radical (unpaired) electrons. The zero-order chi connectivity index (χ0) is 53.6. The van der Waals surface area contributed by atoms with Gasteiger partial charge in [0.05, 0.1) is 38.7 Å². The zero-order valence-corrected chi connectivity index (χ0v) is 45.2. The number of unbranched alkanes of at least 4 members (excludes halogenated alkanes) is 9. The zero-order valence-electron chi connectivity index (χ0n) is 42.5. The van der Waals surface area contributed by atoms with Crippen LogP contribution in [-0.4, -0.2) is 125 Å². The third kappa shape index (κ3) is 52.4. The molecule has 0 aromatic carbocycles. The number of rotatable bonds is 39. The second kappa shape index (κ2) is 47.1. The molecule has 0 bridgehead atoms. The number of hydrogen-bond acceptors (Lipinski definition) is 18. The van der Waals surface area contributed by atoms with Gasteiger partial charge in [-0.2, -0.15) is 0 Å². The van der Waals surface area contributed by atoms with E-state index in [1.165, 1.54) is 34.5 Å². The van der Waals surface area contributed by atoms with Crippen molar-refractivity contribution in [1.29, 1.82) is 0 Å². The highest BCUT2D eigenvalue weighted by molar-refractivity contribution is 7.54. The van der Waals surface area contributed by atoms with Gasteiger partial charge in [0.25, 0.3) is 0 Å². The summed E-state index contributed by atoms with van der Waals surface area (Å²) in [7, 11) is -3.95. The first-order valence-electron chi connectivity index (χ1n) is 23.1. The number of ketones is 2. The minimum absolute atomic E-state index is 0.0883. The summed E-state index contributed by atoms with van der Waals surface area (Å²) in [5.41, 5.74) is 6.41. The Morgan fingerprint density at radius 3 is 1.13 bits per heavy atom. The summed E-state index contributed by atoms with van der Waals surface area (Å²) in [6, 6.07) is 0. The van der Waals surface area contributed by atoms with Crippen LogP contribution in [0.2, 0.25) is 0 Å². The van der Waals surface area contributed by atoms with E-state index in [2.05, 4.69) is 24.7 Å². The summed E-state index contributed by atoms with van der Waals surface area (Å²) in [5.74, 6) is -0.930. The largest absolute Gasteiger partial charge is 0.462 e. The molecule has 0 aliphatic carbocycles. The van der Waals surface area contributed by atoms with E-state index in [-0.39, 0.29) is 36.9 Å². The monoisotopic (exact) mass is 1050 g/mol. The molecule has 0 spiro atoms. The molecule has 4 N–H and O–H groups in total. The molecule has 0 saturated carbocycles. The number of hydrogen-bond donors (Lipinski definition) is 3. The molecular formula is C46H85N2O18P3. The number of nitrogens with two attached hydrogens (primary N) is 1. The number of carbonyl (C=O) groups excluding carboxylic acids is 6. The van der Waals surface area contributed by atoms with Crippen LogP contribution in [0.1, 0.15) is 143 Å². The SMILES string of the molecule is C=C(C)C(=O)OCCCC(=O)CCCCCCP(=O)(O)O.C=C(C)C(=O)OCCCC(=O)CCCCCCP(=O)(OC)OC.C=C(C)C(=O)OCCCCN=C=O.COP(=O)(CCCCCN)OC. The molecule has 20 nitrogen and oxygen atoms in total. The van der Waals surface area contributed by atoms with E-state index in [0.29, 0.717) is 107 Å². The van der Waals surface area contributed by atoms with Crippen LogP contribution in [0.15, 0.2) is 41.4 Å². The maximum absolute atomic E-state index is 11.8. The summed E-state index contributed by atoms with van der Waals surface area (Å²) < 4.78 is 67.7. The van der Waals surface area contributed by atoms with Crippen LogP contribution >= 0.6 is 22.8 Å². The van der Waals surface area contributed by atoms with Crippen molar-refractivity contribution in [1.82, 2.24) is 0 Å². The van der Waals surface area contributed by atoms with Crippen LogP contribution in [0, 0.1) is 0 Å². The van der Waals surface area contributed by atoms with Gasteiger partial charge in [-0.15, -0.1) is 0 Å². The van der Waals surface area contributed by atoms with E-state index in [0.717, 1.165) is 64.2 Å². The van der Waals surface area contributed by atoms with E-state index in [4.69, 9.17) is 47.8 Å². The molecule has 23 heteroatoms. The van der Waals surface area contributed by atoms with Crippen LogP contribution < -0.4 is 5.73 Å². The molecule has 0 rings (SSSR count). The standard InChI is InChI=1S/C16H29O6P.C14H25O6P.C9H13NO3.C7H18NO3P/c1-14(2)16(18)22-12-9-11-15(17)10-7-5-6-8-13-23(19,20-3)21-4;1-12(2)14(16)20-10-7-9-13(15)8-5-3-4-6-11-21(17,18)19;1-8(2)9(12)13-6-4-3-5-10-7-11;1-10-12(9,11-2)7-5-3-4-6-8/h1,5-13H2,2-4H3;1,3-11H2,2H3,(H2,17,18,19);1,3-6H2,2H3;3-8H2,1-2H3. The average Bonchev–Trinajstić information content (AvgIpc) is 3.31. The lowest BCUT2D eigenvalue weighted by atomic mass is 10.1. The van der Waals surface area contributed by atoms with Crippen molar-refractivity contribution in [3.05, 3.63) is 36.5 Å². The Labute approximate surface area is 411 Å². The number of ether oxygens (including phenoxy) is 3. The molecule has 0 saturated heterocycles. The van der Waals surface area contributed by atoms with Crippen LogP contribution in [-0.2, 0) is 74.8 Å². The predicted octanol–water partition coefficient (Wildman–Crippen LogP) is 9.30. The number of carbonyl (C=O) groups is 5. The molecule has 0 heterocycles. The van der Waals surface area contributed by atoms with Crippen molar-refractivity contribution >= 4 is 58.3 Å². The second-order valence-electron chi connectivity index (χ2n) is 15.7. The lowest BCUT2D eigenvalue weighted by Gasteiger charge is -2.12. The molecule has 0 aliphatic heterocycles. The highest BCUT2D eigenvalue weighted by Crippen LogP contribution is 2.47. The van der Waals surface area contributed by atoms with Gasteiger partial charge in [0, 0.05) is 77.0 Å². The molecule has 402 valence electrons. The molecule has 0 aromatic heterocycles. The highest BCUT2D eigenvalue weighted by Gasteiger charge is 2.20. The molecule has 0 unspecified atom stereocenters. The van der Waals surface area contributed by atoms with E-state index in [9.17, 15) is 42.5 Å². The molecule has 0 fully saturated rings. The van der Waals surface area contributed by atoms with Gasteiger partial charge in [0.1, 0.15) is 11.6 Å². The fraction of sp³-hybridized carbons (Fsp3) is 0.739. The average molecular weight is 1050 g/mol. The van der Waals surface area contributed by atoms with E-state index in [1.807, 2.05) is 0 Å². The lowest BCUT2D eigenvalue weighted by Crippen LogP contribution is -2.08. The summed E-state index contributed by atoms with van der Waals surface area (Å²) in [4.78, 5) is 86.6. The first-order chi connectivity index (χ1) is 32.4. The number of isocyanates is 1. The molecule has 69 heavy (non-hydrogen) atoms. The third-order valence-electron chi connectivity index (χ3n) is 9.21. The number of nitrogens with zero attached hydrogens (tertiary/aromatic N) is 1. The Kier molecular flexibility index (Phi) is 49.4. The quantitative estimate of drug-likeness (QED) is 0.00982. The summed E-state index contributed by atoms with van der Waals surface area (Å²) in [6.45, 7) is 17.1. The van der Waals surface area contributed by atoms with Crippen molar-refractivity contribution in [2.75, 3.05) is 79.8 Å². The van der Waals surface area contributed by atoms with Crippen molar-refractivity contribution in [2.24, 2.45) is 10.7 Å². The van der Waals surface area contributed by atoms with E-state index >= 15 is 0 Å². The van der Waals surface area contributed by atoms with Gasteiger partial charge in [0.2, 0.25) is 6.08 Å². The number of esters is 3. The second-order valence-corrected chi connectivity index (χ2v) is 22.3. The Morgan fingerprint density at radius 2 is 0.812 bits per heavy atom. The molecule has 0 atom stereocenters. The smallest absolute Gasteiger partial charge is 0.333 e. The first kappa shape index (κ1) is 72.3. The Bertz CT molecular complexity index is 1660. The normalized spacial score (nSPS) is 10.9. The molecule has 0 amide bonds. The van der Waals surface area contributed by atoms with Gasteiger partial charge < -0.3 is 47.8 Å². The predicted molar refractivity (Wildman–Crippen MR) is 267 cm³/mol.